The maximum atomic E-state index is 9.09. The highest BCUT2D eigenvalue weighted by Crippen LogP contribution is 2.32. The van der Waals surface area contributed by atoms with Crippen molar-refractivity contribution in [2.75, 3.05) is 0 Å². The molecule has 2 nitrogen and oxygen atoms in total. The van der Waals surface area contributed by atoms with Crippen LogP contribution in [0.2, 0.25) is 0 Å². The van der Waals surface area contributed by atoms with Gasteiger partial charge in [-0.05, 0) is 65.2 Å². The van der Waals surface area contributed by atoms with Crippen LogP contribution in [-0.2, 0) is 0 Å². The van der Waals surface area contributed by atoms with Crippen molar-refractivity contribution in [2.45, 2.75) is 13.8 Å². The number of nitrogens with zero attached hydrogens (tertiary/aromatic N) is 1. The molecule has 90 valence electrons. The zero-order chi connectivity index (χ0) is 13.1. The zero-order valence-corrected chi connectivity index (χ0v) is 11.8. The first kappa shape index (κ1) is 12.7. The van der Waals surface area contributed by atoms with Crippen LogP contribution in [0.1, 0.15) is 16.7 Å². The van der Waals surface area contributed by atoms with Crippen LogP contribution in [0.5, 0.6) is 11.5 Å². The minimum atomic E-state index is 0.544. The average molecular weight is 302 g/mol. The smallest absolute Gasteiger partial charge is 0.145 e. The Morgan fingerprint density at radius 2 is 1.61 bits per heavy atom. The molecular formula is C15H12BrNO. The van der Waals surface area contributed by atoms with Crippen LogP contribution >= 0.6 is 15.9 Å². The molecule has 0 unspecified atom stereocenters. The summed E-state index contributed by atoms with van der Waals surface area (Å²) in [5, 5.41) is 9.09. The predicted molar refractivity (Wildman–Crippen MR) is 74.8 cm³/mol. The van der Waals surface area contributed by atoms with Crippen molar-refractivity contribution in [2.24, 2.45) is 0 Å². The van der Waals surface area contributed by atoms with Gasteiger partial charge in [0.15, 0.2) is 0 Å². The van der Waals surface area contributed by atoms with E-state index >= 15 is 0 Å². The summed E-state index contributed by atoms with van der Waals surface area (Å²) in [4.78, 5) is 0. The van der Waals surface area contributed by atoms with Crippen LogP contribution < -0.4 is 4.74 Å². The van der Waals surface area contributed by atoms with Gasteiger partial charge in [0.05, 0.1) is 10.0 Å². The van der Waals surface area contributed by atoms with Gasteiger partial charge in [-0.25, -0.2) is 0 Å². The highest BCUT2D eigenvalue weighted by molar-refractivity contribution is 9.10. The molecule has 0 atom stereocenters. The van der Waals surface area contributed by atoms with E-state index in [1.807, 2.05) is 50.2 Å². The lowest BCUT2D eigenvalue weighted by Crippen LogP contribution is -1.90. The third-order valence-electron chi connectivity index (χ3n) is 2.56. The van der Waals surface area contributed by atoms with Crippen molar-refractivity contribution in [1.29, 1.82) is 5.26 Å². The Bertz CT molecular complexity index is 629. The summed E-state index contributed by atoms with van der Waals surface area (Å²) in [7, 11) is 0. The first-order chi connectivity index (χ1) is 8.60. The van der Waals surface area contributed by atoms with E-state index in [1.165, 1.54) is 0 Å². The zero-order valence-electron chi connectivity index (χ0n) is 10.2. The second kappa shape index (κ2) is 5.24. The summed E-state index contributed by atoms with van der Waals surface area (Å²) in [6.45, 7) is 3.97. The molecule has 0 aliphatic heterocycles. The van der Waals surface area contributed by atoms with Gasteiger partial charge in [0, 0.05) is 0 Å². The molecule has 0 aliphatic rings. The molecule has 0 spiro atoms. The predicted octanol–water partition coefficient (Wildman–Crippen LogP) is 4.73. The van der Waals surface area contributed by atoms with Crippen molar-refractivity contribution in [3.05, 3.63) is 57.6 Å². The molecule has 0 aliphatic carbocycles. The maximum Gasteiger partial charge on any atom is 0.145 e. The van der Waals surface area contributed by atoms with Crippen LogP contribution in [0.25, 0.3) is 0 Å². The van der Waals surface area contributed by atoms with Crippen LogP contribution in [0.4, 0.5) is 0 Å². The third kappa shape index (κ3) is 2.72. The Balaban J connectivity index is 2.37. The Labute approximate surface area is 115 Å². The fourth-order valence-corrected chi connectivity index (χ4v) is 2.20. The molecule has 2 rings (SSSR count). The number of halogens is 1. The summed E-state index contributed by atoms with van der Waals surface area (Å²) in [6.07, 6.45) is 0. The van der Waals surface area contributed by atoms with E-state index in [-0.39, 0.29) is 0 Å². The number of hydrogen-bond acceptors (Lipinski definition) is 2. The summed E-state index contributed by atoms with van der Waals surface area (Å²) in [6, 6.07) is 13.6. The Morgan fingerprint density at radius 3 is 2.22 bits per heavy atom. The lowest BCUT2D eigenvalue weighted by atomic mass is 10.1. The van der Waals surface area contributed by atoms with E-state index in [4.69, 9.17) is 10.00 Å². The lowest BCUT2D eigenvalue weighted by molar-refractivity contribution is 0.478. The highest BCUT2D eigenvalue weighted by atomic mass is 79.9. The first-order valence-electron chi connectivity index (χ1n) is 5.55. The second-order valence-corrected chi connectivity index (χ2v) is 5.00. The number of rotatable bonds is 2. The van der Waals surface area contributed by atoms with Gasteiger partial charge in [0.2, 0.25) is 0 Å². The minimum absolute atomic E-state index is 0.544. The molecule has 0 N–H and O–H groups in total. The van der Waals surface area contributed by atoms with E-state index in [9.17, 15) is 0 Å². The molecule has 0 bridgehead atoms. The van der Waals surface area contributed by atoms with Crippen molar-refractivity contribution in [1.82, 2.24) is 0 Å². The molecule has 18 heavy (non-hydrogen) atoms. The fourth-order valence-electron chi connectivity index (χ4n) is 1.63. The van der Waals surface area contributed by atoms with Crippen molar-refractivity contribution in [3.8, 4) is 17.6 Å². The SMILES string of the molecule is Cc1ccc(Oc2ccc(C)cc2C#N)c(Br)c1. The van der Waals surface area contributed by atoms with E-state index < -0.39 is 0 Å². The number of benzene rings is 2. The summed E-state index contributed by atoms with van der Waals surface area (Å²) < 4.78 is 6.65. The first-order valence-corrected chi connectivity index (χ1v) is 6.34. The number of hydrogen-bond donors (Lipinski definition) is 0. The normalized spacial score (nSPS) is 9.89. The molecule has 0 saturated heterocycles. The lowest BCUT2D eigenvalue weighted by Gasteiger charge is -2.10. The molecule has 2 aromatic rings. The highest BCUT2D eigenvalue weighted by Gasteiger charge is 2.07. The third-order valence-corrected chi connectivity index (χ3v) is 3.18. The van der Waals surface area contributed by atoms with Gasteiger partial charge in [0.1, 0.15) is 17.6 Å². The average Bonchev–Trinajstić information content (AvgIpc) is 2.34. The Kier molecular flexibility index (Phi) is 3.69. The molecule has 0 aromatic heterocycles. The molecule has 0 amide bonds. The quantitative estimate of drug-likeness (QED) is 0.803. The molecule has 0 heterocycles. The van der Waals surface area contributed by atoms with Gasteiger partial charge in [-0.3, -0.25) is 0 Å². The van der Waals surface area contributed by atoms with Crippen LogP contribution in [0.3, 0.4) is 0 Å². The Morgan fingerprint density at radius 1 is 1.00 bits per heavy atom. The molecule has 0 saturated carbocycles. The standard InChI is InChI=1S/C15H12BrNO/c1-10-3-5-14(12(7-10)9-17)18-15-6-4-11(2)8-13(15)16/h3-8H,1-2H3. The largest absolute Gasteiger partial charge is 0.455 e. The minimum Gasteiger partial charge on any atom is -0.455 e. The van der Waals surface area contributed by atoms with Crippen molar-refractivity contribution >= 4 is 15.9 Å². The molecule has 2 aromatic carbocycles. The summed E-state index contributed by atoms with van der Waals surface area (Å²) >= 11 is 3.46. The van der Waals surface area contributed by atoms with E-state index in [0.29, 0.717) is 17.1 Å². The van der Waals surface area contributed by atoms with E-state index in [2.05, 4.69) is 22.0 Å². The Hall–Kier alpha value is -1.79. The second-order valence-electron chi connectivity index (χ2n) is 4.15. The topological polar surface area (TPSA) is 33.0 Å². The number of aryl methyl sites for hydroxylation is 2. The van der Waals surface area contributed by atoms with Crippen LogP contribution in [0.15, 0.2) is 40.9 Å². The summed E-state index contributed by atoms with van der Waals surface area (Å²) in [5.41, 5.74) is 2.74. The van der Waals surface area contributed by atoms with Gasteiger partial charge >= 0.3 is 0 Å². The van der Waals surface area contributed by atoms with Crippen LogP contribution in [0, 0.1) is 25.2 Å². The van der Waals surface area contributed by atoms with Gasteiger partial charge in [0.25, 0.3) is 0 Å². The van der Waals surface area contributed by atoms with Gasteiger partial charge < -0.3 is 4.74 Å². The van der Waals surface area contributed by atoms with Gasteiger partial charge in [-0.2, -0.15) is 5.26 Å². The number of ether oxygens (including phenoxy) is 1. The molecule has 0 radical (unpaired) electrons. The fraction of sp³-hybridized carbons (Fsp3) is 0.133. The molecular weight excluding hydrogens is 290 g/mol. The van der Waals surface area contributed by atoms with Gasteiger partial charge in [-0.1, -0.05) is 12.1 Å². The molecule has 0 fully saturated rings. The van der Waals surface area contributed by atoms with E-state index in [0.717, 1.165) is 15.6 Å². The number of nitriles is 1. The van der Waals surface area contributed by atoms with E-state index in [1.54, 1.807) is 0 Å². The summed E-state index contributed by atoms with van der Waals surface area (Å²) in [5.74, 6) is 1.29. The van der Waals surface area contributed by atoms with Gasteiger partial charge in [-0.15, -0.1) is 0 Å². The maximum absolute atomic E-state index is 9.09. The van der Waals surface area contributed by atoms with Crippen LogP contribution in [-0.4, -0.2) is 0 Å². The molecule has 3 heteroatoms. The van der Waals surface area contributed by atoms with Crippen molar-refractivity contribution in [3.63, 3.8) is 0 Å². The monoisotopic (exact) mass is 301 g/mol. The van der Waals surface area contributed by atoms with Crippen molar-refractivity contribution < 1.29 is 4.74 Å².